The average Bonchev–Trinajstić information content (AvgIpc) is 2.92. The van der Waals surface area contributed by atoms with Gasteiger partial charge >= 0.3 is 5.97 Å². The minimum atomic E-state index is -0.876. The van der Waals surface area contributed by atoms with Gasteiger partial charge in [0.2, 0.25) is 0 Å². The lowest BCUT2D eigenvalue weighted by Gasteiger charge is -1.95. The quantitative estimate of drug-likeness (QED) is 0.760. The molecule has 0 aromatic carbocycles. The monoisotopic (exact) mass is 222 g/mol. The van der Waals surface area contributed by atoms with Crippen molar-refractivity contribution in [1.29, 1.82) is 0 Å². The van der Waals surface area contributed by atoms with E-state index >= 15 is 0 Å². The molecule has 16 heavy (non-hydrogen) atoms. The molecule has 0 saturated heterocycles. The third-order valence-electron chi connectivity index (χ3n) is 2.81. The zero-order chi connectivity index (χ0) is 11.7. The normalized spacial score (nSPS) is 23.1. The second-order valence-electron chi connectivity index (χ2n) is 4.14. The van der Waals surface area contributed by atoms with E-state index in [1.54, 1.807) is 10.9 Å². The molecule has 0 aliphatic heterocycles. The van der Waals surface area contributed by atoms with Crippen LogP contribution in [0.15, 0.2) is 12.4 Å². The van der Waals surface area contributed by atoms with Gasteiger partial charge in [0.1, 0.15) is 0 Å². The molecule has 1 aromatic heterocycles. The molecule has 0 amide bonds. The molecule has 1 aliphatic carbocycles. The summed E-state index contributed by atoms with van der Waals surface area (Å²) in [5.74, 6) is -1.78. The van der Waals surface area contributed by atoms with E-state index in [0.717, 1.165) is 13.0 Å². The van der Waals surface area contributed by atoms with Crippen molar-refractivity contribution in [3.05, 3.63) is 18.0 Å². The first-order valence-electron chi connectivity index (χ1n) is 5.43. The Hall–Kier alpha value is -1.65. The van der Waals surface area contributed by atoms with Gasteiger partial charge < -0.3 is 5.11 Å². The molecule has 5 heteroatoms. The Bertz CT molecular complexity index is 425. The minimum Gasteiger partial charge on any atom is -0.481 e. The van der Waals surface area contributed by atoms with Gasteiger partial charge in [-0.05, 0) is 12.8 Å². The van der Waals surface area contributed by atoms with E-state index < -0.39 is 11.9 Å². The van der Waals surface area contributed by atoms with Gasteiger partial charge in [-0.3, -0.25) is 14.3 Å². The average molecular weight is 222 g/mol. The fraction of sp³-hybridized carbons (Fsp3) is 0.545. The second kappa shape index (κ2) is 4.08. The molecule has 86 valence electrons. The van der Waals surface area contributed by atoms with Crippen LogP contribution in [-0.4, -0.2) is 26.6 Å². The minimum absolute atomic E-state index is 0.0882. The summed E-state index contributed by atoms with van der Waals surface area (Å²) in [5, 5.41) is 12.8. The van der Waals surface area contributed by atoms with Crippen LogP contribution in [0.3, 0.4) is 0 Å². The Kier molecular flexibility index (Phi) is 2.77. The Morgan fingerprint density at radius 1 is 1.56 bits per heavy atom. The van der Waals surface area contributed by atoms with E-state index in [2.05, 4.69) is 5.10 Å². The summed E-state index contributed by atoms with van der Waals surface area (Å²) >= 11 is 0. The largest absolute Gasteiger partial charge is 0.481 e. The lowest BCUT2D eigenvalue weighted by atomic mass is 10.1. The van der Waals surface area contributed by atoms with Crippen LogP contribution in [0.1, 0.15) is 30.1 Å². The number of carboxylic acids is 1. The molecule has 2 rings (SSSR count). The first-order valence-corrected chi connectivity index (χ1v) is 5.43. The highest BCUT2D eigenvalue weighted by molar-refractivity contribution is 6.02. The van der Waals surface area contributed by atoms with Gasteiger partial charge in [-0.15, -0.1) is 0 Å². The van der Waals surface area contributed by atoms with Crippen molar-refractivity contribution in [1.82, 2.24) is 9.78 Å². The Morgan fingerprint density at radius 3 is 2.88 bits per heavy atom. The fourth-order valence-corrected chi connectivity index (χ4v) is 1.81. The number of Topliss-reactive ketones (excluding diaryl/α,β-unsaturated/α-hetero) is 1. The number of aryl methyl sites for hydroxylation is 1. The predicted octanol–water partition coefficient (Wildman–Crippen LogP) is 1.20. The van der Waals surface area contributed by atoms with Crippen LogP contribution >= 0.6 is 0 Å². The SMILES string of the molecule is CCCn1cc(C(=O)[C@H]2C[C@H]2C(=O)O)cn1. The van der Waals surface area contributed by atoms with E-state index in [-0.39, 0.29) is 11.7 Å². The molecule has 0 spiro atoms. The van der Waals surface area contributed by atoms with Gasteiger partial charge in [-0.2, -0.15) is 5.10 Å². The maximum atomic E-state index is 11.8. The number of carbonyl (C=O) groups excluding carboxylic acids is 1. The number of hydrogen-bond acceptors (Lipinski definition) is 3. The molecule has 0 unspecified atom stereocenters. The van der Waals surface area contributed by atoms with Gasteiger partial charge in [0, 0.05) is 18.7 Å². The highest BCUT2D eigenvalue weighted by atomic mass is 16.4. The van der Waals surface area contributed by atoms with E-state index in [0.29, 0.717) is 12.0 Å². The molecule has 1 heterocycles. The third kappa shape index (κ3) is 1.98. The first-order chi connectivity index (χ1) is 7.63. The number of aliphatic carboxylic acids is 1. The number of hydrogen-bond donors (Lipinski definition) is 1. The van der Waals surface area contributed by atoms with Crippen molar-refractivity contribution in [2.24, 2.45) is 11.8 Å². The maximum Gasteiger partial charge on any atom is 0.307 e. The Morgan fingerprint density at radius 2 is 2.31 bits per heavy atom. The number of carboxylic acid groups (broad SMARTS) is 1. The van der Waals surface area contributed by atoms with Gasteiger partial charge in [0.15, 0.2) is 5.78 Å². The summed E-state index contributed by atoms with van der Waals surface area (Å²) in [6.45, 7) is 2.81. The van der Waals surface area contributed by atoms with Gasteiger partial charge in [-0.1, -0.05) is 6.92 Å². The number of ketones is 1. The molecule has 1 saturated carbocycles. The van der Waals surface area contributed by atoms with Crippen LogP contribution in [0, 0.1) is 11.8 Å². The Balaban J connectivity index is 2.02. The molecule has 1 aliphatic rings. The van der Waals surface area contributed by atoms with Crippen molar-refractivity contribution < 1.29 is 14.7 Å². The van der Waals surface area contributed by atoms with Crippen molar-refractivity contribution in [2.45, 2.75) is 26.3 Å². The Labute approximate surface area is 93.1 Å². The van der Waals surface area contributed by atoms with Crippen molar-refractivity contribution in [2.75, 3.05) is 0 Å². The lowest BCUT2D eigenvalue weighted by molar-refractivity contribution is -0.138. The zero-order valence-electron chi connectivity index (χ0n) is 9.09. The van der Waals surface area contributed by atoms with Crippen molar-refractivity contribution in [3.63, 3.8) is 0 Å². The molecule has 1 N–H and O–H groups in total. The highest BCUT2D eigenvalue weighted by Crippen LogP contribution is 2.40. The van der Waals surface area contributed by atoms with Crippen LogP contribution < -0.4 is 0 Å². The summed E-state index contributed by atoms with van der Waals surface area (Å²) in [5.41, 5.74) is 0.530. The first kappa shape index (κ1) is 10.9. The maximum absolute atomic E-state index is 11.8. The lowest BCUT2D eigenvalue weighted by Crippen LogP contribution is -2.07. The van der Waals surface area contributed by atoms with Gasteiger partial charge in [-0.25, -0.2) is 0 Å². The molecule has 0 bridgehead atoms. The zero-order valence-corrected chi connectivity index (χ0v) is 9.09. The van der Waals surface area contributed by atoms with Gasteiger partial charge in [0.05, 0.1) is 17.7 Å². The van der Waals surface area contributed by atoms with Crippen LogP contribution in [-0.2, 0) is 11.3 Å². The summed E-state index contributed by atoms with van der Waals surface area (Å²) in [7, 11) is 0. The molecule has 2 atom stereocenters. The molecular formula is C11H14N2O3. The fourth-order valence-electron chi connectivity index (χ4n) is 1.81. The number of carbonyl (C=O) groups is 2. The number of rotatable bonds is 5. The highest BCUT2D eigenvalue weighted by Gasteiger charge is 2.48. The van der Waals surface area contributed by atoms with Crippen LogP contribution in [0.2, 0.25) is 0 Å². The van der Waals surface area contributed by atoms with E-state index in [1.165, 1.54) is 6.20 Å². The summed E-state index contributed by atoms with van der Waals surface area (Å²) < 4.78 is 1.71. The summed E-state index contributed by atoms with van der Waals surface area (Å²) in [4.78, 5) is 22.5. The number of nitrogens with zero attached hydrogens (tertiary/aromatic N) is 2. The third-order valence-corrected chi connectivity index (χ3v) is 2.81. The summed E-state index contributed by atoms with van der Waals surface area (Å²) in [6, 6.07) is 0. The summed E-state index contributed by atoms with van der Waals surface area (Å²) in [6.07, 6.45) is 4.64. The van der Waals surface area contributed by atoms with Crippen LogP contribution in [0.25, 0.3) is 0 Å². The van der Waals surface area contributed by atoms with Gasteiger partial charge in [0.25, 0.3) is 0 Å². The molecule has 0 radical (unpaired) electrons. The van der Waals surface area contributed by atoms with Crippen molar-refractivity contribution in [3.8, 4) is 0 Å². The second-order valence-corrected chi connectivity index (χ2v) is 4.14. The smallest absolute Gasteiger partial charge is 0.307 e. The van der Waals surface area contributed by atoms with Crippen molar-refractivity contribution >= 4 is 11.8 Å². The molecular weight excluding hydrogens is 208 g/mol. The molecule has 1 aromatic rings. The predicted molar refractivity (Wildman–Crippen MR) is 56.1 cm³/mol. The standard InChI is InChI=1S/C11H14N2O3/c1-2-3-13-6-7(5-12-13)10(14)8-4-9(8)11(15)16/h5-6,8-9H,2-4H2,1H3,(H,15,16)/t8-,9+/m0/s1. The van der Waals surface area contributed by atoms with Crippen LogP contribution in [0.5, 0.6) is 0 Å². The van der Waals surface area contributed by atoms with E-state index in [1.807, 2.05) is 6.92 Å². The molecule has 1 fully saturated rings. The van der Waals surface area contributed by atoms with E-state index in [4.69, 9.17) is 5.11 Å². The molecule has 5 nitrogen and oxygen atoms in total. The van der Waals surface area contributed by atoms with Crippen LogP contribution in [0.4, 0.5) is 0 Å². The van der Waals surface area contributed by atoms with E-state index in [9.17, 15) is 9.59 Å². The number of aromatic nitrogens is 2. The topological polar surface area (TPSA) is 72.2 Å².